The molecule has 0 aliphatic carbocycles. The van der Waals surface area contributed by atoms with Gasteiger partial charge in [-0.1, -0.05) is 23.2 Å². The van der Waals surface area contributed by atoms with Crippen molar-refractivity contribution in [3.05, 3.63) is 57.5 Å². The van der Waals surface area contributed by atoms with Crippen molar-refractivity contribution in [1.82, 2.24) is 14.6 Å². The second-order valence-corrected chi connectivity index (χ2v) is 5.75. The van der Waals surface area contributed by atoms with Gasteiger partial charge in [-0.15, -0.1) is 0 Å². The fourth-order valence-corrected chi connectivity index (χ4v) is 2.67. The minimum absolute atomic E-state index is 0.322. The van der Waals surface area contributed by atoms with Crippen molar-refractivity contribution < 1.29 is 4.79 Å². The van der Waals surface area contributed by atoms with Crippen LogP contribution in [0.25, 0.3) is 5.65 Å². The number of amides is 1. The number of aryl methyl sites for hydroxylation is 2. The maximum Gasteiger partial charge on any atom is 0.261 e. The van der Waals surface area contributed by atoms with Gasteiger partial charge in [0.05, 0.1) is 16.9 Å². The zero-order valence-electron chi connectivity index (χ0n) is 11.9. The quantitative estimate of drug-likeness (QED) is 0.772. The van der Waals surface area contributed by atoms with Crippen molar-refractivity contribution in [2.24, 2.45) is 0 Å². The summed E-state index contributed by atoms with van der Waals surface area (Å²) < 4.78 is 1.63. The molecule has 0 saturated carbocycles. The van der Waals surface area contributed by atoms with Gasteiger partial charge in [-0.25, -0.2) is 9.50 Å². The van der Waals surface area contributed by atoms with Gasteiger partial charge in [0.15, 0.2) is 5.65 Å². The number of nitrogens with zero attached hydrogens (tertiary/aromatic N) is 3. The molecule has 112 valence electrons. The van der Waals surface area contributed by atoms with Crippen LogP contribution in [0.1, 0.15) is 21.7 Å². The fraction of sp³-hybridized carbons (Fsp3) is 0.133. The highest BCUT2D eigenvalue weighted by atomic mass is 35.5. The normalized spacial score (nSPS) is 10.9. The highest BCUT2D eigenvalue weighted by molar-refractivity contribution is 6.36. The zero-order valence-corrected chi connectivity index (χ0v) is 13.4. The number of hydrogen-bond acceptors (Lipinski definition) is 3. The van der Waals surface area contributed by atoms with E-state index < -0.39 is 0 Å². The zero-order chi connectivity index (χ0) is 15.9. The molecule has 0 radical (unpaired) electrons. The molecule has 0 fully saturated rings. The Balaban J connectivity index is 1.99. The van der Waals surface area contributed by atoms with Gasteiger partial charge in [0.2, 0.25) is 0 Å². The molecule has 1 amide bonds. The molecule has 22 heavy (non-hydrogen) atoms. The molecule has 0 atom stereocenters. The van der Waals surface area contributed by atoms with E-state index in [1.807, 2.05) is 19.9 Å². The average Bonchev–Trinajstić information content (AvgIpc) is 2.86. The van der Waals surface area contributed by atoms with Crippen molar-refractivity contribution >= 4 is 40.4 Å². The number of benzene rings is 1. The van der Waals surface area contributed by atoms with Crippen LogP contribution in [0.4, 0.5) is 5.69 Å². The molecule has 0 aliphatic rings. The molecular weight excluding hydrogens is 323 g/mol. The average molecular weight is 335 g/mol. The van der Waals surface area contributed by atoms with Crippen LogP contribution in [0, 0.1) is 13.8 Å². The van der Waals surface area contributed by atoms with Crippen LogP contribution in [-0.2, 0) is 0 Å². The SMILES string of the molecule is Cc1cc(C)n2ncc(C(=O)Nc3ccc(Cl)cc3Cl)c2n1. The van der Waals surface area contributed by atoms with Crippen molar-refractivity contribution in [1.29, 1.82) is 0 Å². The first kappa shape index (κ1) is 14.8. The largest absolute Gasteiger partial charge is 0.320 e. The van der Waals surface area contributed by atoms with Crippen LogP contribution in [0.3, 0.4) is 0 Å². The summed E-state index contributed by atoms with van der Waals surface area (Å²) in [4.78, 5) is 16.8. The summed E-state index contributed by atoms with van der Waals surface area (Å²) in [6.07, 6.45) is 1.49. The van der Waals surface area contributed by atoms with Gasteiger partial charge in [0.1, 0.15) is 5.56 Å². The number of aromatic nitrogens is 3. The number of nitrogens with one attached hydrogen (secondary N) is 1. The predicted octanol–water partition coefficient (Wildman–Crippen LogP) is 3.91. The Labute approximate surface area is 136 Å². The predicted molar refractivity (Wildman–Crippen MR) is 86.9 cm³/mol. The van der Waals surface area contributed by atoms with E-state index in [0.717, 1.165) is 11.4 Å². The van der Waals surface area contributed by atoms with E-state index in [0.29, 0.717) is 26.9 Å². The van der Waals surface area contributed by atoms with Gasteiger partial charge < -0.3 is 5.32 Å². The molecule has 0 spiro atoms. The Morgan fingerprint density at radius 2 is 2.00 bits per heavy atom. The van der Waals surface area contributed by atoms with Gasteiger partial charge >= 0.3 is 0 Å². The lowest BCUT2D eigenvalue weighted by atomic mass is 10.2. The molecule has 0 aliphatic heterocycles. The summed E-state index contributed by atoms with van der Waals surface area (Å²) in [5.74, 6) is -0.322. The summed E-state index contributed by atoms with van der Waals surface area (Å²) in [6.45, 7) is 3.78. The fourth-order valence-electron chi connectivity index (χ4n) is 2.21. The number of carbonyl (C=O) groups excluding carboxylic acids is 1. The molecule has 2 aromatic heterocycles. The lowest BCUT2D eigenvalue weighted by molar-refractivity contribution is 0.102. The molecule has 1 aromatic carbocycles. The van der Waals surface area contributed by atoms with Gasteiger partial charge in [0, 0.05) is 16.4 Å². The van der Waals surface area contributed by atoms with Crippen LogP contribution in [-0.4, -0.2) is 20.5 Å². The summed E-state index contributed by atoms with van der Waals surface area (Å²) in [6, 6.07) is 6.78. The minimum atomic E-state index is -0.322. The molecule has 0 saturated heterocycles. The monoisotopic (exact) mass is 334 g/mol. The molecule has 5 nitrogen and oxygen atoms in total. The van der Waals surface area contributed by atoms with Crippen LogP contribution in [0.2, 0.25) is 10.0 Å². The topological polar surface area (TPSA) is 59.3 Å². The second kappa shape index (κ2) is 5.59. The number of anilines is 1. The van der Waals surface area contributed by atoms with E-state index in [2.05, 4.69) is 15.4 Å². The van der Waals surface area contributed by atoms with Crippen LogP contribution >= 0.6 is 23.2 Å². The van der Waals surface area contributed by atoms with Crippen molar-refractivity contribution in [2.75, 3.05) is 5.32 Å². The third kappa shape index (κ3) is 2.65. The smallest absolute Gasteiger partial charge is 0.261 e. The van der Waals surface area contributed by atoms with Gasteiger partial charge in [-0.05, 0) is 38.1 Å². The van der Waals surface area contributed by atoms with E-state index >= 15 is 0 Å². The number of hydrogen-bond donors (Lipinski definition) is 1. The lowest BCUT2D eigenvalue weighted by Gasteiger charge is -2.07. The molecule has 7 heteroatoms. The molecule has 1 N–H and O–H groups in total. The highest BCUT2D eigenvalue weighted by Crippen LogP contribution is 2.26. The molecular formula is C15H12Cl2N4O. The van der Waals surface area contributed by atoms with E-state index in [1.165, 1.54) is 6.20 Å². The lowest BCUT2D eigenvalue weighted by Crippen LogP contribution is -2.12. The first-order valence-corrected chi connectivity index (χ1v) is 7.29. The van der Waals surface area contributed by atoms with E-state index in [9.17, 15) is 4.79 Å². The van der Waals surface area contributed by atoms with E-state index in [-0.39, 0.29) is 5.91 Å². The maximum absolute atomic E-state index is 12.5. The summed E-state index contributed by atoms with van der Waals surface area (Å²) in [5.41, 5.74) is 3.12. The van der Waals surface area contributed by atoms with Gasteiger partial charge in [0.25, 0.3) is 5.91 Å². The summed E-state index contributed by atoms with van der Waals surface area (Å²) in [7, 11) is 0. The number of rotatable bonds is 2. The molecule has 0 bridgehead atoms. The standard InChI is InChI=1S/C15H12Cl2N4O/c1-8-5-9(2)21-14(19-8)11(7-18-21)15(22)20-13-4-3-10(16)6-12(13)17/h3-7H,1-2H3,(H,20,22). The van der Waals surface area contributed by atoms with Crippen molar-refractivity contribution in [3.63, 3.8) is 0 Å². The Morgan fingerprint density at radius 3 is 2.73 bits per heavy atom. The Kier molecular flexibility index (Phi) is 3.76. The Bertz CT molecular complexity index is 889. The summed E-state index contributed by atoms with van der Waals surface area (Å²) >= 11 is 11.9. The van der Waals surface area contributed by atoms with Crippen LogP contribution in [0.15, 0.2) is 30.5 Å². The highest BCUT2D eigenvalue weighted by Gasteiger charge is 2.16. The summed E-state index contributed by atoms with van der Waals surface area (Å²) in [5, 5.41) is 7.83. The van der Waals surface area contributed by atoms with Gasteiger partial charge in [-0.2, -0.15) is 5.10 Å². The molecule has 0 unspecified atom stereocenters. The number of carbonyl (C=O) groups is 1. The van der Waals surface area contributed by atoms with Crippen LogP contribution in [0.5, 0.6) is 0 Å². The Morgan fingerprint density at radius 1 is 1.23 bits per heavy atom. The van der Waals surface area contributed by atoms with E-state index in [1.54, 1.807) is 22.7 Å². The molecule has 2 heterocycles. The third-order valence-corrected chi connectivity index (χ3v) is 3.75. The first-order valence-electron chi connectivity index (χ1n) is 6.54. The van der Waals surface area contributed by atoms with Crippen molar-refractivity contribution in [3.8, 4) is 0 Å². The second-order valence-electron chi connectivity index (χ2n) is 4.91. The van der Waals surface area contributed by atoms with Crippen LogP contribution < -0.4 is 5.32 Å². The molecule has 3 rings (SSSR count). The third-order valence-electron chi connectivity index (χ3n) is 3.20. The Hall–Kier alpha value is -2.11. The van der Waals surface area contributed by atoms with E-state index in [4.69, 9.17) is 23.2 Å². The van der Waals surface area contributed by atoms with Crippen molar-refractivity contribution in [2.45, 2.75) is 13.8 Å². The number of fused-ring (bicyclic) bond motifs is 1. The van der Waals surface area contributed by atoms with Gasteiger partial charge in [-0.3, -0.25) is 4.79 Å². The minimum Gasteiger partial charge on any atom is -0.320 e. The number of halogens is 2. The maximum atomic E-state index is 12.5. The first-order chi connectivity index (χ1) is 10.5. The molecule has 3 aromatic rings.